The third-order valence-electron chi connectivity index (χ3n) is 2.91. The lowest BCUT2D eigenvalue weighted by molar-refractivity contribution is 0.309. The Morgan fingerprint density at radius 3 is 2.46 bits per heavy atom. The Morgan fingerprint density at radius 1 is 1.38 bits per heavy atom. The molecule has 0 N–H and O–H groups in total. The second-order valence-corrected chi connectivity index (χ2v) is 5.19. The summed E-state index contributed by atoms with van der Waals surface area (Å²) < 4.78 is 0. The van der Waals surface area contributed by atoms with Crippen LogP contribution in [0.5, 0.6) is 0 Å². The van der Waals surface area contributed by atoms with Crippen molar-refractivity contribution in [2.45, 2.75) is 33.1 Å². The molecule has 0 radical (unpaired) electrons. The van der Waals surface area contributed by atoms with Gasteiger partial charge in [-0.05, 0) is 36.1 Å². The van der Waals surface area contributed by atoms with Crippen LogP contribution < -0.4 is 0 Å². The highest BCUT2D eigenvalue weighted by Crippen LogP contribution is 2.34. The molecule has 0 bridgehead atoms. The maximum Gasteiger partial charge on any atom is 0.00912 e. The number of hydrogen-bond acceptors (Lipinski definition) is 1. The average molecular weight is 261 g/mol. The normalized spacial score (nSPS) is 11.9. The average Bonchev–Trinajstić information content (AvgIpc) is 2.67. The maximum absolute atomic E-state index is 3.64. The number of rotatable bonds is 5. The van der Waals surface area contributed by atoms with E-state index >= 15 is 0 Å². The van der Waals surface area contributed by atoms with Crippen LogP contribution in [0.1, 0.15) is 31.6 Å². The fourth-order valence-corrected chi connectivity index (χ4v) is 3.39. The van der Waals surface area contributed by atoms with Crippen LogP contribution in [0.4, 0.5) is 0 Å². The molecule has 0 aliphatic rings. The van der Waals surface area contributed by atoms with E-state index in [9.17, 15) is 0 Å². The minimum absolute atomic E-state index is 0.477. The van der Waals surface area contributed by atoms with Gasteiger partial charge in [-0.1, -0.05) is 35.8 Å². The molecule has 1 heterocycles. The Morgan fingerprint density at radius 2 is 2.08 bits per heavy atom. The molecule has 1 rings (SSSR count). The third-order valence-corrected chi connectivity index (χ3v) is 4.98. The van der Waals surface area contributed by atoms with Gasteiger partial charge >= 0.3 is 0 Å². The lowest BCUT2D eigenvalue weighted by Crippen LogP contribution is -2.23. The molecule has 0 atom stereocenters. The molecule has 0 amide bonds. The summed E-state index contributed by atoms with van der Waals surface area (Å²) in [4.78, 5) is 1.52. The van der Waals surface area contributed by atoms with Crippen LogP contribution in [-0.2, 0) is 6.42 Å². The summed E-state index contributed by atoms with van der Waals surface area (Å²) in [5, 5.41) is 3.28. The summed E-state index contributed by atoms with van der Waals surface area (Å²) in [5.74, 6) is 0. The van der Waals surface area contributed by atoms with E-state index in [2.05, 4.69) is 47.3 Å². The van der Waals surface area contributed by atoms with Gasteiger partial charge in [-0.25, -0.2) is 0 Å². The van der Waals surface area contributed by atoms with Crippen molar-refractivity contribution in [1.29, 1.82) is 0 Å². The van der Waals surface area contributed by atoms with E-state index < -0.39 is 0 Å². The quantitative estimate of drug-likeness (QED) is 0.685. The van der Waals surface area contributed by atoms with Crippen LogP contribution in [0.15, 0.2) is 17.5 Å². The van der Waals surface area contributed by atoms with Crippen LogP contribution >= 0.6 is 27.3 Å². The minimum Gasteiger partial charge on any atom is -0.149 e. The van der Waals surface area contributed by atoms with Crippen molar-refractivity contribution in [2.75, 3.05) is 5.33 Å². The molecular formula is C11H17BrS. The Balaban J connectivity index is 2.67. The fourth-order valence-electron chi connectivity index (χ4n) is 1.52. The summed E-state index contributed by atoms with van der Waals surface area (Å²) >= 11 is 5.52. The molecule has 0 spiro atoms. The van der Waals surface area contributed by atoms with Crippen molar-refractivity contribution in [3.8, 4) is 0 Å². The number of thiophene rings is 1. The zero-order valence-electron chi connectivity index (χ0n) is 8.35. The van der Waals surface area contributed by atoms with E-state index in [1.165, 1.54) is 24.1 Å². The van der Waals surface area contributed by atoms with E-state index in [0.29, 0.717) is 5.41 Å². The van der Waals surface area contributed by atoms with Crippen LogP contribution in [0.2, 0.25) is 0 Å². The summed E-state index contributed by atoms with van der Waals surface area (Å²) in [7, 11) is 0. The summed E-state index contributed by atoms with van der Waals surface area (Å²) in [6.07, 6.45) is 3.74. The van der Waals surface area contributed by atoms with Gasteiger partial charge in [0, 0.05) is 10.2 Å². The number of hydrogen-bond donors (Lipinski definition) is 0. The van der Waals surface area contributed by atoms with Crippen LogP contribution in [-0.4, -0.2) is 5.33 Å². The summed E-state index contributed by atoms with van der Waals surface area (Å²) in [5.41, 5.74) is 0.477. The zero-order valence-corrected chi connectivity index (χ0v) is 10.7. The molecule has 1 aromatic rings. The molecule has 0 aliphatic carbocycles. The van der Waals surface area contributed by atoms with Crippen molar-refractivity contribution >= 4 is 27.3 Å². The van der Waals surface area contributed by atoms with Crippen LogP contribution in [0.25, 0.3) is 0 Å². The van der Waals surface area contributed by atoms with Crippen molar-refractivity contribution in [2.24, 2.45) is 5.41 Å². The van der Waals surface area contributed by atoms with Gasteiger partial charge in [-0.15, -0.1) is 11.3 Å². The molecule has 0 fully saturated rings. The summed E-state index contributed by atoms with van der Waals surface area (Å²) in [6, 6.07) is 4.39. The first kappa shape index (κ1) is 11.3. The van der Waals surface area contributed by atoms with Crippen LogP contribution in [0, 0.1) is 5.41 Å². The molecule has 1 aromatic heterocycles. The second-order valence-electron chi connectivity index (χ2n) is 3.60. The van der Waals surface area contributed by atoms with Gasteiger partial charge in [0.15, 0.2) is 0 Å². The predicted molar refractivity (Wildman–Crippen MR) is 64.8 cm³/mol. The Kier molecular flexibility index (Phi) is 4.47. The van der Waals surface area contributed by atoms with E-state index in [-0.39, 0.29) is 0 Å². The summed E-state index contributed by atoms with van der Waals surface area (Å²) in [6.45, 7) is 4.58. The maximum atomic E-state index is 3.64. The van der Waals surface area contributed by atoms with Gasteiger partial charge < -0.3 is 0 Å². The first-order valence-corrected chi connectivity index (χ1v) is 6.85. The fraction of sp³-hybridized carbons (Fsp3) is 0.636. The third kappa shape index (κ3) is 2.81. The van der Waals surface area contributed by atoms with Gasteiger partial charge in [-0.2, -0.15) is 0 Å². The number of halogens is 1. The standard InChI is InChI=1S/C11H17BrS/c1-3-11(4-2,9-12)8-10-6-5-7-13-10/h5-7H,3-4,8-9H2,1-2H3. The van der Waals surface area contributed by atoms with E-state index in [1.807, 2.05) is 11.3 Å². The lowest BCUT2D eigenvalue weighted by Gasteiger charge is -2.28. The smallest absolute Gasteiger partial charge is 0.00912 e. The van der Waals surface area contributed by atoms with E-state index in [0.717, 1.165) is 5.33 Å². The first-order valence-electron chi connectivity index (χ1n) is 4.84. The monoisotopic (exact) mass is 260 g/mol. The van der Waals surface area contributed by atoms with Crippen LogP contribution in [0.3, 0.4) is 0 Å². The van der Waals surface area contributed by atoms with Crippen molar-refractivity contribution in [1.82, 2.24) is 0 Å². The molecule has 0 aromatic carbocycles. The van der Waals surface area contributed by atoms with Crippen molar-refractivity contribution in [3.05, 3.63) is 22.4 Å². The SMILES string of the molecule is CCC(CC)(CBr)Cc1cccs1. The Labute approximate surface area is 93.5 Å². The minimum atomic E-state index is 0.477. The molecule has 0 saturated carbocycles. The largest absolute Gasteiger partial charge is 0.149 e. The lowest BCUT2D eigenvalue weighted by atomic mass is 9.81. The molecule has 0 saturated heterocycles. The van der Waals surface area contributed by atoms with Gasteiger partial charge in [0.25, 0.3) is 0 Å². The first-order chi connectivity index (χ1) is 6.26. The molecular weight excluding hydrogens is 244 g/mol. The van der Waals surface area contributed by atoms with Crippen molar-refractivity contribution < 1.29 is 0 Å². The molecule has 0 unspecified atom stereocenters. The molecule has 2 heteroatoms. The van der Waals surface area contributed by atoms with Gasteiger partial charge in [-0.3, -0.25) is 0 Å². The highest BCUT2D eigenvalue weighted by molar-refractivity contribution is 9.09. The molecule has 74 valence electrons. The molecule has 0 nitrogen and oxygen atoms in total. The van der Waals surface area contributed by atoms with Gasteiger partial charge in [0.2, 0.25) is 0 Å². The number of alkyl halides is 1. The van der Waals surface area contributed by atoms with E-state index in [1.54, 1.807) is 0 Å². The molecule has 0 aliphatic heterocycles. The second kappa shape index (κ2) is 5.16. The topological polar surface area (TPSA) is 0 Å². The Hall–Kier alpha value is 0.180. The highest BCUT2D eigenvalue weighted by Gasteiger charge is 2.25. The molecule has 13 heavy (non-hydrogen) atoms. The van der Waals surface area contributed by atoms with Gasteiger partial charge in [0.1, 0.15) is 0 Å². The van der Waals surface area contributed by atoms with E-state index in [4.69, 9.17) is 0 Å². The predicted octanol–water partition coefficient (Wildman–Crippen LogP) is 4.49. The van der Waals surface area contributed by atoms with Crippen molar-refractivity contribution in [3.63, 3.8) is 0 Å². The van der Waals surface area contributed by atoms with Gasteiger partial charge in [0.05, 0.1) is 0 Å². The Bertz CT molecular complexity index is 216. The highest BCUT2D eigenvalue weighted by atomic mass is 79.9. The zero-order chi connectivity index (χ0) is 9.73.